The first-order valence-electron chi connectivity index (χ1n) is 5.48. The number of aliphatic hydroxyl groups excluding tert-OH is 1. The van der Waals surface area contributed by atoms with Crippen LogP contribution in [0.3, 0.4) is 0 Å². The molecule has 0 aromatic carbocycles. The molecule has 19 heavy (non-hydrogen) atoms. The highest BCUT2D eigenvalue weighted by molar-refractivity contribution is 6.00. The lowest BCUT2D eigenvalue weighted by Crippen LogP contribution is -2.38. The predicted octanol–water partition coefficient (Wildman–Crippen LogP) is 0.374. The summed E-state index contributed by atoms with van der Waals surface area (Å²) >= 11 is 0. The normalized spacial score (nSPS) is 11.7. The van der Waals surface area contributed by atoms with Crippen LogP contribution in [0.4, 0.5) is 19.0 Å². The van der Waals surface area contributed by atoms with Crippen LogP contribution < -0.4 is 10.6 Å². The predicted molar refractivity (Wildman–Crippen MR) is 64.3 cm³/mol. The molecule has 0 unspecified atom stereocenters. The number of nitrogen functional groups attached to an aromatic ring is 1. The first kappa shape index (κ1) is 15.3. The Hall–Kier alpha value is -1.77. The van der Waals surface area contributed by atoms with Gasteiger partial charge in [-0.2, -0.15) is 18.3 Å². The Morgan fingerprint density at radius 1 is 1.53 bits per heavy atom. The van der Waals surface area contributed by atoms with Crippen molar-refractivity contribution in [2.24, 2.45) is 12.8 Å². The lowest BCUT2D eigenvalue weighted by Gasteiger charge is -2.26. The fraction of sp³-hybridized carbons (Fsp3) is 0.600. The number of nitrogens with two attached hydrogens (primary N) is 1. The van der Waals surface area contributed by atoms with E-state index in [4.69, 9.17) is 16.2 Å². The lowest BCUT2D eigenvalue weighted by molar-refractivity contribution is -0.120. The van der Waals surface area contributed by atoms with E-state index in [1.165, 1.54) is 11.7 Å². The SMILES string of the molecule is Cc1nn(C)c(N(CCO)CC(F)(F)F)c1C(=N)N. The van der Waals surface area contributed by atoms with E-state index in [9.17, 15) is 13.2 Å². The van der Waals surface area contributed by atoms with Crippen LogP contribution in [0.15, 0.2) is 0 Å². The summed E-state index contributed by atoms with van der Waals surface area (Å²) in [5.41, 5.74) is 5.91. The fourth-order valence-electron chi connectivity index (χ4n) is 1.92. The summed E-state index contributed by atoms with van der Waals surface area (Å²) in [5, 5.41) is 20.3. The average Bonchev–Trinajstić information content (AvgIpc) is 2.50. The molecule has 0 aliphatic heterocycles. The number of aryl methyl sites for hydroxylation is 2. The Morgan fingerprint density at radius 3 is 2.53 bits per heavy atom. The molecule has 0 atom stereocenters. The molecule has 0 radical (unpaired) electrons. The van der Waals surface area contributed by atoms with Gasteiger partial charge in [0.1, 0.15) is 18.2 Å². The van der Waals surface area contributed by atoms with Gasteiger partial charge in [0.25, 0.3) is 0 Å². The fourth-order valence-corrected chi connectivity index (χ4v) is 1.92. The van der Waals surface area contributed by atoms with Crippen LogP contribution in [-0.2, 0) is 7.05 Å². The Labute approximate surface area is 108 Å². The molecule has 0 fully saturated rings. The van der Waals surface area contributed by atoms with Crippen LogP contribution in [0, 0.1) is 12.3 Å². The van der Waals surface area contributed by atoms with Crippen LogP contribution in [0.25, 0.3) is 0 Å². The summed E-state index contributed by atoms with van der Waals surface area (Å²) in [7, 11) is 1.47. The summed E-state index contributed by atoms with van der Waals surface area (Å²) < 4.78 is 38.9. The number of nitrogens with one attached hydrogen (secondary N) is 1. The minimum absolute atomic E-state index is 0.0800. The van der Waals surface area contributed by atoms with E-state index in [1.807, 2.05) is 0 Å². The molecule has 1 aromatic rings. The minimum atomic E-state index is -4.43. The van der Waals surface area contributed by atoms with E-state index in [-0.39, 0.29) is 23.8 Å². The maximum Gasteiger partial charge on any atom is 0.405 e. The molecule has 0 aliphatic rings. The maximum atomic E-state index is 12.5. The van der Waals surface area contributed by atoms with E-state index in [2.05, 4.69) is 5.10 Å². The Balaban J connectivity index is 3.26. The second-order valence-electron chi connectivity index (χ2n) is 4.08. The van der Waals surface area contributed by atoms with Crippen LogP contribution in [-0.4, -0.2) is 46.6 Å². The topological polar surface area (TPSA) is 91.2 Å². The van der Waals surface area contributed by atoms with Gasteiger partial charge in [-0.3, -0.25) is 10.1 Å². The molecule has 1 aromatic heterocycles. The standard InChI is InChI=1S/C10H16F3N5O/c1-6-7(8(14)15)9(17(2)16-6)18(3-4-19)5-10(11,12)13/h19H,3-5H2,1-2H3,(H3,14,15). The second kappa shape index (κ2) is 5.47. The van der Waals surface area contributed by atoms with Gasteiger partial charge in [-0.05, 0) is 6.92 Å². The van der Waals surface area contributed by atoms with E-state index in [0.29, 0.717) is 5.69 Å². The summed E-state index contributed by atoms with van der Waals surface area (Å²) in [6.07, 6.45) is -4.43. The summed E-state index contributed by atoms with van der Waals surface area (Å²) in [6, 6.07) is 0. The number of nitrogens with zero attached hydrogens (tertiary/aromatic N) is 3. The van der Waals surface area contributed by atoms with Crippen LogP contribution in [0.5, 0.6) is 0 Å². The van der Waals surface area contributed by atoms with E-state index < -0.39 is 19.3 Å². The van der Waals surface area contributed by atoms with Gasteiger partial charge in [0.05, 0.1) is 17.9 Å². The van der Waals surface area contributed by atoms with Gasteiger partial charge in [0.2, 0.25) is 0 Å². The Bertz CT molecular complexity index is 468. The number of anilines is 1. The second-order valence-corrected chi connectivity index (χ2v) is 4.08. The van der Waals surface area contributed by atoms with Gasteiger partial charge in [0.15, 0.2) is 0 Å². The molecular weight excluding hydrogens is 263 g/mol. The number of aliphatic hydroxyl groups is 1. The third-order valence-corrected chi connectivity index (χ3v) is 2.50. The first-order valence-corrected chi connectivity index (χ1v) is 5.48. The van der Waals surface area contributed by atoms with Crippen LogP contribution in [0.1, 0.15) is 11.3 Å². The van der Waals surface area contributed by atoms with Crippen LogP contribution >= 0.6 is 0 Å². The first-order chi connectivity index (χ1) is 8.67. The molecule has 108 valence electrons. The smallest absolute Gasteiger partial charge is 0.395 e. The van der Waals surface area contributed by atoms with Gasteiger partial charge in [-0.15, -0.1) is 0 Å². The van der Waals surface area contributed by atoms with Crippen molar-refractivity contribution in [3.05, 3.63) is 11.3 Å². The minimum Gasteiger partial charge on any atom is -0.395 e. The van der Waals surface area contributed by atoms with Crippen molar-refractivity contribution in [3.63, 3.8) is 0 Å². The van der Waals surface area contributed by atoms with Crippen molar-refractivity contribution in [3.8, 4) is 0 Å². The van der Waals surface area contributed by atoms with Crippen molar-refractivity contribution < 1.29 is 18.3 Å². The number of rotatable bonds is 5. The van der Waals surface area contributed by atoms with Gasteiger partial charge in [-0.1, -0.05) is 0 Å². The zero-order valence-electron chi connectivity index (χ0n) is 10.6. The summed E-state index contributed by atoms with van der Waals surface area (Å²) in [4.78, 5) is 0.913. The van der Waals surface area contributed by atoms with E-state index >= 15 is 0 Å². The van der Waals surface area contributed by atoms with Gasteiger partial charge >= 0.3 is 6.18 Å². The van der Waals surface area contributed by atoms with Crippen LogP contribution in [0.2, 0.25) is 0 Å². The van der Waals surface area contributed by atoms with Gasteiger partial charge in [-0.25, -0.2) is 0 Å². The molecule has 0 aliphatic carbocycles. The number of aromatic nitrogens is 2. The molecule has 4 N–H and O–H groups in total. The number of alkyl halides is 3. The molecule has 1 heterocycles. The quantitative estimate of drug-likeness (QED) is 0.536. The maximum absolute atomic E-state index is 12.5. The van der Waals surface area contributed by atoms with E-state index in [1.54, 1.807) is 6.92 Å². The van der Waals surface area contributed by atoms with Crippen molar-refractivity contribution in [1.29, 1.82) is 5.41 Å². The number of amidine groups is 1. The van der Waals surface area contributed by atoms with Gasteiger partial charge < -0.3 is 15.7 Å². The third-order valence-electron chi connectivity index (χ3n) is 2.50. The Kier molecular flexibility index (Phi) is 4.40. The highest BCUT2D eigenvalue weighted by Gasteiger charge is 2.33. The van der Waals surface area contributed by atoms with Crippen molar-refractivity contribution in [2.75, 3.05) is 24.6 Å². The molecule has 0 bridgehead atoms. The van der Waals surface area contributed by atoms with Crippen molar-refractivity contribution in [1.82, 2.24) is 9.78 Å². The zero-order valence-corrected chi connectivity index (χ0v) is 10.6. The highest BCUT2D eigenvalue weighted by Crippen LogP contribution is 2.26. The van der Waals surface area contributed by atoms with E-state index in [0.717, 1.165) is 4.90 Å². The molecule has 0 amide bonds. The number of hydrogen-bond acceptors (Lipinski definition) is 4. The highest BCUT2D eigenvalue weighted by atomic mass is 19.4. The third kappa shape index (κ3) is 3.60. The molecule has 9 heteroatoms. The molecule has 0 spiro atoms. The molecule has 0 saturated carbocycles. The average molecular weight is 279 g/mol. The van der Waals surface area contributed by atoms with Crippen molar-refractivity contribution in [2.45, 2.75) is 13.1 Å². The summed E-state index contributed by atoms with van der Waals surface area (Å²) in [5.74, 6) is -0.276. The monoisotopic (exact) mass is 279 g/mol. The number of hydrogen-bond donors (Lipinski definition) is 3. The molecule has 1 rings (SSSR count). The van der Waals surface area contributed by atoms with Gasteiger partial charge in [0, 0.05) is 13.6 Å². The Morgan fingerprint density at radius 2 is 2.11 bits per heavy atom. The molecule has 6 nitrogen and oxygen atoms in total. The zero-order chi connectivity index (χ0) is 14.8. The number of halogens is 3. The molecule has 0 saturated heterocycles. The largest absolute Gasteiger partial charge is 0.405 e. The van der Waals surface area contributed by atoms with Crippen molar-refractivity contribution >= 4 is 11.7 Å². The summed E-state index contributed by atoms with van der Waals surface area (Å²) in [6.45, 7) is -0.353. The lowest BCUT2D eigenvalue weighted by atomic mass is 10.2. The molecular formula is C10H16F3N5O.